The number of anilines is 1. The van der Waals surface area contributed by atoms with E-state index < -0.39 is 34.4 Å². The number of ether oxygens (including phenoxy) is 1. The monoisotopic (exact) mass is 563 g/mol. The van der Waals surface area contributed by atoms with Crippen molar-refractivity contribution < 1.29 is 22.7 Å². The highest BCUT2D eigenvalue weighted by Gasteiger charge is 2.32. The second-order valence-electron chi connectivity index (χ2n) is 8.07. The van der Waals surface area contributed by atoms with Gasteiger partial charge in [-0.15, -0.1) is 0 Å². The van der Waals surface area contributed by atoms with E-state index in [1.54, 1.807) is 55.5 Å². The smallest absolute Gasteiger partial charge is 0.264 e. The van der Waals surface area contributed by atoms with Crippen molar-refractivity contribution >= 4 is 50.7 Å². The Bertz CT molecular complexity index is 1370. The lowest BCUT2D eigenvalue weighted by Crippen LogP contribution is -2.50. The first-order chi connectivity index (χ1) is 17.6. The topological polar surface area (TPSA) is 96.0 Å². The van der Waals surface area contributed by atoms with E-state index in [4.69, 9.17) is 27.9 Å². The van der Waals surface area contributed by atoms with E-state index in [0.29, 0.717) is 21.4 Å². The SMILES string of the molecule is CNC(=O)[C@H](C)N(Cc1ccc(Cl)cc1Cl)C(=O)CN(c1cccc(OC)c1)S(=O)(=O)c1ccccc1. The van der Waals surface area contributed by atoms with Gasteiger partial charge in [-0.1, -0.05) is 53.5 Å². The number of benzene rings is 3. The molecule has 0 aliphatic carbocycles. The molecular weight excluding hydrogens is 537 g/mol. The number of nitrogens with zero attached hydrogens (tertiary/aromatic N) is 2. The maximum absolute atomic E-state index is 13.7. The van der Waals surface area contributed by atoms with Gasteiger partial charge < -0.3 is 15.0 Å². The van der Waals surface area contributed by atoms with E-state index in [-0.39, 0.29) is 17.1 Å². The highest BCUT2D eigenvalue weighted by molar-refractivity contribution is 7.92. The van der Waals surface area contributed by atoms with Crippen LogP contribution < -0.4 is 14.4 Å². The highest BCUT2D eigenvalue weighted by Crippen LogP contribution is 2.28. The number of likely N-dealkylation sites (N-methyl/N-ethyl adjacent to an activating group) is 1. The Balaban J connectivity index is 2.05. The zero-order chi connectivity index (χ0) is 27.2. The quantitative estimate of drug-likeness (QED) is 0.395. The van der Waals surface area contributed by atoms with Gasteiger partial charge in [0.25, 0.3) is 10.0 Å². The van der Waals surface area contributed by atoms with Gasteiger partial charge in [-0.3, -0.25) is 13.9 Å². The van der Waals surface area contributed by atoms with E-state index in [1.165, 1.54) is 43.3 Å². The zero-order valence-electron chi connectivity index (χ0n) is 20.5. The lowest BCUT2D eigenvalue weighted by atomic mass is 10.1. The molecule has 3 aromatic carbocycles. The molecule has 0 spiro atoms. The molecule has 8 nitrogen and oxygen atoms in total. The van der Waals surface area contributed by atoms with E-state index >= 15 is 0 Å². The number of nitrogens with one attached hydrogen (secondary N) is 1. The third kappa shape index (κ3) is 6.74. The van der Waals surface area contributed by atoms with Crippen LogP contribution >= 0.6 is 23.2 Å². The van der Waals surface area contributed by atoms with Crippen LogP contribution in [0, 0.1) is 0 Å². The van der Waals surface area contributed by atoms with Crippen molar-refractivity contribution in [2.45, 2.75) is 24.4 Å². The molecule has 11 heteroatoms. The van der Waals surface area contributed by atoms with Gasteiger partial charge in [0.2, 0.25) is 11.8 Å². The minimum Gasteiger partial charge on any atom is -0.497 e. The number of sulfonamides is 1. The van der Waals surface area contributed by atoms with Gasteiger partial charge in [0.1, 0.15) is 18.3 Å². The predicted octanol–water partition coefficient (Wildman–Crippen LogP) is 4.36. The minimum atomic E-state index is -4.16. The molecule has 1 atom stereocenters. The molecule has 0 saturated carbocycles. The number of amides is 2. The summed E-state index contributed by atoms with van der Waals surface area (Å²) < 4.78 is 33.7. The van der Waals surface area contributed by atoms with Crippen LogP contribution in [0.5, 0.6) is 5.75 Å². The predicted molar refractivity (Wildman–Crippen MR) is 145 cm³/mol. The van der Waals surface area contributed by atoms with Crippen LogP contribution in [0.25, 0.3) is 0 Å². The van der Waals surface area contributed by atoms with Gasteiger partial charge >= 0.3 is 0 Å². The number of halogens is 2. The standard InChI is InChI=1S/C26H27Cl2N3O5S/c1-18(26(33)29-2)30(16-19-12-13-20(27)14-24(19)28)25(32)17-31(21-8-7-9-22(15-21)36-3)37(34,35)23-10-5-4-6-11-23/h4-15,18H,16-17H2,1-3H3,(H,29,33)/t18-/m0/s1. The van der Waals surface area contributed by atoms with Crippen molar-refractivity contribution in [3.63, 3.8) is 0 Å². The Labute approximate surface area is 226 Å². The second-order valence-corrected chi connectivity index (χ2v) is 10.8. The van der Waals surface area contributed by atoms with Crippen molar-refractivity contribution in [1.29, 1.82) is 0 Å². The van der Waals surface area contributed by atoms with Crippen molar-refractivity contribution in [2.24, 2.45) is 0 Å². The Morgan fingerprint density at radius 1 is 1.00 bits per heavy atom. The highest BCUT2D eigenvalue weighted by atomic mass is 35.5. The van der Waals surface area contributed by atoms with Crippen LogP contribution in [0.15, 0.2) is 77.7 Å². The van der Waals surface area contributed by atoms with Crippen molar-refractivity contribution in [3.05, 3.63) is 88.4 Å². The third-order valence-corrected chi connectivity index (χ3v) is 8.10. The summed E-state index contributed by atoms with van der Waals surface area (Å²) in [5.41, 5.74) is 0.780. The molecule has 3 rings (SSSR count). The molecule has 0 radical (unpaired) electrons. The maximum atomic E-state index is 13.7. The molecule has 196 valence electrons. The Hall–Kier alpha value is -3.27. The summed E-state index contributed by atoms with van der Waals surface area (Å²) >= 11 is 12.3. The van der Waals surface area contributed by atoms with E-state index in [9.17, 15) is 18.0 Å². The number of carbonyl (C=O) groups is 2. The molecule has 0 aliphatic heterocycles. The van der Waals surface area contributed by atoms with Gasteiger partial charge in [0.15, 0.2) is 0 Å². The van der Waals surface area contributed by atoms with E-state index in [1.807, 2.05) is 0 Å². The molecule has 0 fully saturated rings. The van der Waals surface area contributed by atoms with Gasteiger partial charge in [-0.25, -0.2) is 8.42 Å². The lowest BCUT2D eigenvalue weighted by molar-refractivity contribution is -0.139. The molecule has 0 unspecified atom stereocenters. The summed E-state index contributed by atoms with van der Waals surface area (Å²) in [6.07, 6.45) is 0. The fraction of sp³-hybridized carbons (Fsp3) is 0.231. The Kier molecular flexibility index (Phi) is 9.42. The fourth-order valence-electron chi connectivity index (χ4n) is 3.64. The molecule has 0 bridgehead atoms. The van der Waals surface area contributed by atoms with Crippen molar-refractivity contribution in [3.8, 4) is 5.75 Å². The number of rotatable bonds is 10. The van der Waals surface area contributed by atoms with E-state index in [2.05, 4.69) is 5.32 Å². The average Bonchev–Trinajstić information content (AvgIpc) is 2.90. The Morgan fingerprint density at radius 2 is 1.70 bits per heavy atom. The van der Waals surface area contributed by atoms with Gasteiger partial charge in [-0.2, -0.15) is 0 Å². The average molecular weight is 564 g/mol. The normalized spacial score (nSPS) is 11.9. The van der Waals surface area contributed by atoms with Crippen LogP contribution in [-0.2, 0) is 26.2 Å². The van der Waals surface area contributed by atoms with Crippen LogP contribution in [0.1, 0.15) is 12.5 Å². The molecule has 37 heavy (non-hydrogen) atoms. The molecule has 3 aromatic rings. The molecular formula is C26H27Cl2N3O5S. The van der Waals surface area contributed by atoms with Crippen LogP contribution in [0.4, 0.5) is 5.69 Å². The first-order valence-electron chi connectivity index (χ1n) is 11.2. The van der Waals surface area contributed by atoms with Gasteiger partial charge in [0, 0.05) is 29.7 Å². The maximum Gasteiger partial charge on any atom is 0.264 e. The molecule has 0 aromatic heterocycles. The van der Waals surface area contributed by atoms with Crippen LogP contribution in [0.2, 0.25) is 10.0 Å². The molecule has 2 amide bonds. The Morgan fingerprint density at radius 3 is 2.32 bits per heavy atom. The number of hydrogen-bond donors (Lipinski definition) is 1. The molecule has 0 aliphatic rings. The summed E-state index contributed by atoms with van der Waals surface area (Å²) in [6.45, 7) is 0.944. The fourth-order valence-corrected chi connectivity index (χ4v) is 5.53. The third-order valence-electron chi connectivity index (χ3n) is 5.72. The first kappa shape index (κ1) is 28.3. The minimum absolute atomic E-state index is 0.0114. The van der Waals surface area contributed by atoms with Crippen molar-refractivity contribution in [1.82, 2.24) is 10.2 Å². The van der Waals surface area contributed by atoms with Crippen LogP contribution in [-0.4, -0.2) is 51.9 Å². The molecule has 1 N–H and O–H groups in total. The summed E-state index contributed by atoms with van der Waals surface area (Å²) in [7, 11) is -1.24. The zero-order valence-corrected chi connectivity index (χ0v) is 22.8. The largest absolute Gasteiger partial charge is 0.497 e. The number of methoxy groups -OCH3 is 1. The second kappa shape index (κ2) is 12.3. The van der Waals surface area contributed by atoms with Crippen LogP contribution in [0.3, 0.4) is 0 Å². The molecule has 0 saturated heterocycles. The summed E-state index contributed by atoms with van der Waals surface area (Å²) in [4.78, 5) is 27.6. The van der Waals surface area contributed by atoms with Crippen molar-refractivity contribution in [2.75, 3.05) is 25.0 Å². The number of carbonyl (C=O) groups excluding carboxylic acids is 2. The molecule has 0 heterocycles. The summed E-state index contributed by atoms with van der Waals surface area (Å²) in [6, 6.07) is 18.1. The number of hydrogen-bond acceptors (Lipinski definition) is 5. The lowest BCUT2D eigenvalue weighted by Gasteiger charge is -2.32. The summed E-state index contributed by atoms with van der Waals surface area (Å²) in [5, 5.41) is 3.27. The van der Waals surface area contributed by atoms with E-state index in [0.717, 1.165) is 4.31 Å². The summed E-state index contributed by atoms with van der Waals surface area (Å²) in [5.74, 6) is -0.608. The van der Waals surface area contributed by atoms with Gasteiger partial charge in [0.05, 0.1) is 17.7 Å². The van der Waals surface area contributed by atoms with Gasteiger partial charge in [-0.05, 0) is 48.9 Å². The first-order valence-corrected chi connectivity index (χ1v) is 13.4.